The van der Waals surface area contributed by atoms with Crippen molar-refractivity contribution in [3.05, 3.63) is 22.8 Å². The number of esters is 4. The van der Waals surface area contributed by atoms with Gasteiger partial charge in [-0.05, 0) is 52.4 Å². The van der Waals surface area contributed by atoms with Gasteiger partial charge in [-0.1, -0.05) is 69.9 Å². The van der Waals surface area contributed by atoms with E-state index in [2.05, 4.69) is 22.5 Å². The molecule has 0 spiro atoms. The lowest BCUT2D eigenvalue weighted by molar-refractivity contribution is -0.141. The van der Waals surface area contributed by atoms with Crippen LogP contribution in [-0.2, 0) is 35.1 Å². The molecule has 0 atom stereocenters. The van der Waals surface area contributed by atoms with Gasteiger partial charge in [-0.2, -0.15) is 0 Å². The molecule has 10 nitrogen and oxygen atoms in total. The molecule has 10 heteroatoms. The third-order valence-electron chi connectivity index (χ3n) is 8.22. The molecule has 0 bridgehead atoms. The van der Waals surface area contributed by atoms with Crippen LogP contribution in [0, 0.1) is 6.92 Å². The number of hydrogen-bond acceptors (Lipinski definition) is 10. The van der Waals surface area contributed by atoms with E-state index in [1.165, 1.54) is 34.0 Å². The van der Waals surface area contributed by atoms with Crippen LogP contribution < -0.4 is 18.9 Å². The van der Waals surface area contributed by atoms with Crippen LogP contribution in [0.5, 0.6) is 23.0 Å². The van der Waals surface area contributed by atoms with Crippen LogP contribution in [0.25, 0.3) is 0 Å². The Morgan fingerprint density at radius 3 is 1.28 bits per heavy atom. The van der Waals surface area contributed by atoms with Crippen molar-refractivity contribution in [1.29, 1.82) is 0 Å². The first-order valence-electron chi connectivity index (χ1n) is 17.1. The van der Waals surface area contributed by atoms with E-state index in [4.69, 9.17) is 18.9 Å². The molecule has 0 unspecified atom stereocenters. The maximum Gasteiger partial charge on any atom is 0.311 e. The standard InChI is InChI=1S/C37H58O10/c1-8-27(2)25-26-29-28(3)34(46-32(40)23-19-15-11-9-13-17-21-30(38)42-4)36(44-6)37(45-7)35(29)47-33(41)24-20-16-12-10-14-18-22-31(39)43-5/h25H,8-24,26H2,1-7H3/b27-25+. The third kappa shape index (κ3) is 16.2. The van der Waals surface area contributed by atoms with Crippen molar-refractivity contribution >= 4 is 23.9 Å². The van der Waals surface area contributed by atoms with Gasteiger partial charge < -0.3 is 28.4 Å². The Morgan fingerprint density at radius 2 is 0.894 bits per heavy atom. The van der Waals surface area contributed by atoms with E-state index >= 15 is 0 Å². The minimum Gasteiger partial charge on any atom is -0.490 e. The highest BCUT2D eigenvalue weighted by Gasteiger charge is 2.28. The number of hydrogen-bond donors (Lipinski definition) is 0. The van der Waals surface area contributed by atoms with Gasteiger partial charge in [0.2, 0.25) is 11.5 Å². The SMILES string of the molecule is CC/C(C)=C/Cc1c(C)c(OC(=O)CCCCCCCCC(=O)OC)c(OC)c(OC)c1OC(=O)CCCCCCCCC(=O)OC. The van der Waals surface area contributed by atoms with Gasteiger partial charge >= 0.3 is 23.9 Å². The summed E-state index contributed by atoms with van der Waals surface area (Å²) in [4.78, 5) is 48.4. The van der Waals surface area contributed by atoms with E-state index < -0.39 is 0 Å². The van der Waals surface area contributed by atoms with Crippen LogP contribution >= 0.6 is 0 Å². The largest absolute Gasteiger partial charge is 0.490 e. The first kappa shape index (κ1) is 41.5. The van der Waals surface area contributed by atoms with Crippen molar-refractivity contribution in [2.45, 2.75) is 136 Å². The monoisotopic (exact) mass is 662 g/mol. The fraction of sp³-hybridized carbons (Fsp3) is 0.676. The quantitative estimate of drug-likeness (QED) is 0.0437. The number of rotatable bonds is 25. The normalized spacial score (nSPS) is 11.2. The molecule has 0 saturated heterocycles. The molecule has 0 aliphatic carbocycles. The molecule has 47 heavy (non-hydrogen) atoms. The number of allylic oxidation sites excluding steroid dienone is 2. The van der Waals surface area contributed by atoms with E-state index in [1.807, 2.05) is 13.8 Å². The van der Waals surface area contributed by atoms with Gasteiger partial charge in [0.05, 0.1) is 28.4 Å². The Bertz CT molecular complexity index is 1150. The smallest absolute Gasteiger partial charge is 0.311 e. The summed E-state index contributed by atoms with van der Waals surface area (Å²) >= 11 is 0. The van der Waals surface area contributed by atoms with Gasteiger partial charge in [-0.25, -0.2) is 0 Å². The summed E-state index contributed by atoms with van der Waals surface area (Å²) in [5.74, 6) is -0.155. The average Bonchev–Trinajstić information content (AvgIpc) is 3.07. The summed E-state index contributed by atoms with van der Waals surface area (Å²) in [6.07, 6.45) is 15.3. The average molecular weight is 663 g/mol. The van der Waals surface area contributed by atoms with Crippen LogP contribution in [0.2, 0.25) is 0 Å². The molecule has 0 aliphatic rings. The summed E-state index contributed by atoms with van der Waals surface area (Å²) < 4.78 is 32.6. The van der Waals surface area contributed by atoms with E-state index in [9.17, 15) is 19.2 Å². The Balaban J connectivity index is 2.93. The highest BCUT2D eigenvalue weighted by Crippen LogP contribution is 2.50. The third-order valence-corrected chi connectivity index (χ3v) is 8.22. The molecule has 0 aliphatic heterocycles. The molecule has 1 rings (SSSR count). The van der Waals surface area contributed by atoms with Crippen LogP contribution in [0.15, 0.2) is 11.6 Å². The summed E-state index contributed by atoms with van der Waals surface area (Å²) in [7, 11) is 5.73. The van der Waals surface area contributed by atoms with Crippen molar-refractivity contribution in [3.8, 4) is 23.0 Å². The van der Waals surface area contributed by atoms with Gasteiger partial charge in [0.1, 0.15) is 0 Å². The number of benzene rings is 1. The molecule has 0 saturated carbocycles. The molecule has 0 amide bonds. The number of ether oxygens (including phenoxy) is 6. The first-order chi connectivity index (χ1) is 22.6. The predicted molar refractivity (Wildman–Crippen MR) is 181 cm³/mol. The lowest BCUT2D eigenvalue weighted by atomic mass is 9.99. The molecular weight excluding hydrogens is 604 g/mol. The fourth-order valence-electron chi connectivity index (χ4n) is 5.11. The zero-order chi connectivity index (χ0) is 35.0. The summed E-state index contributed by atoms with van der Waals surface area (Å²) in [6, 6.07) is 0. The highest BCUT2D eigenvalue weighted by molar-refractivity contribution is 5.79. The van der Waals surface area contributed by atoms with Gasteiger partial charge in [0.25, 0.3) is 0 Å². The summed E-state index contributed by atoms with van der Waals surface area (Å²) in [5.41, 5.74) is 2.52. The highest BCUT2D eigenvalue weighted by atomic mass is 16.6. The predicted octanol–water partition coefficient (Wildman–Crippen LogP) is 8.31. The van der Waals surface area contributed by atoms with E-state index in [0.717, 1.165) is 70.6 Å². The fourth-order valence-corrected chi connectivity index (χ4v) is 5.11. The number of carbonyl (C=O) groups is 4. The van der Waals surface area contributed by atoms with Gasteiger partial charge in [0.15, 0.2) is 11.5 Å². The Morgan fingerprint density at radius 1 is 0.532 bits per heavy atom. The lowest BCUT2D eigenvalue weighted by Crippen LogP contribution is -2.14. The lowest BCUT2D eigenvalue weighted by Gasteiger charge is -2.22. The second kappa shape index (κ2) is 24.6. The number of methoxy groups -OCH3 is 4. The molecule has 0 radical (unpaired) electrons. The molecular formula is C37H58O10. The van der Waals surface area contributed by atoms with Crippen molar-refractivity contribution in [1.82, 2.24) is 0 Å². The molecule has 266 valence electrons. The topological polar surface area (TPSA) is 124 Å². The van der Waals surface area contributed by atoms with Crippen LogP contribution in [-0.4, -0.2) is 52.3 Å². The molecule has 1 aromatic carbocycles. The first-order valence-corrected chi connectivity index (χ1v) is 17.1. The van der Waals surface area contributed by atoms with Crippen molar-refractivity contribution in [3.63, 3.8) is 0 Å². The van der Waals surface area contributed by atoms with Crippen LogP contribution in [0.1, 0.15) is 134 Å². The second-order valence-electron chi connectivity index (χ2n) is 11.8. The summed E-state index contributed by atoms with van der Waals surface area (Å²) in [6.45, 7) is 5.95. The minimum absolute atomic E-state index is 0.186. The van der Waals surface area contributed by atoms with E-state index in [-0.39, 0.29) is 59.7 Å². The zero-order valence-corrected chi connectivity index (χ0v) is 29.9. The van der Waals surface area contributed by atoms with Crippen molar-refractivity contribution in [2.75, 3.05) is 28.4 Å². The Labute approximate surface area is 281 Å². The molecule has 0 fully saturated rings. The van der Waals surface area contributed by atoms with Gasteiger partial charge in [0, 0.05) is 36.8 Å². The van der Waals surface area contributed by atoms with Crippen molar-refractivity contribution < 1.29 is 47.6 Å². The molecule has 1 aromatic rings. The van der Waals surface area contributed by atoms with E-state index in [1.54, 1.807) is 0 Å². The molecule has 0 heterocycles. The maximum absolute atomic E-state index is 13.0. The van der Waals surface area contributed by atoms with Gasteiger partial charge in [-0.3, -0.25) is 19.2 Å². The molecule has 0 N–H and O–H groups in total. The maximum atomic E-state index is 13.0. The summed E-state index contributed by atoms with van der Waals surface area (Å²) in [5, 5.41) is 0. The second-order valence-corrected chi connectivity index (χ2v) is 11.8. The molecule has 0 aromatic heterocycles. The Hall–Kier alpha value is -3.56. The number of carbonyl (C=O) groups excluding carboxylic acids is 4. The van der Waals surface area contributed by atoms with Gasteiger partial charge in [-0.15, -0.1) is 0 Å². The van der Waals surface area contributed by atoms with Crippen LogP contribution in [0.3, 0.4) is 0 Å². The van der Waals surface area contributed by atoms with Crippen molar-refractivity contribution in [2.24, 2.45) is 0 Å². The van der Waals surface area contributed by atoms with E-state index in [0.29, 0.717) is 43.2 Å². The Kier molecular flexibility index (Phi) is 21.7. The van der Waals surface area contributed by atoms with Crippen LogP contribution in [0.4, 0.5) is 0 Å². The number of unbranched alkanes of at least 4 members (excludes halogenated alkanes) is 10. The minimum atomic E-state index is -0.375. The zero-order valence-electron chi connectivity index (χ0n) is 29.9.